The second-order valence-electron chi connectivity index (χ2n) is 6.76. The number of hydrogen-bond acceptors (Lipinski definition) is 3. The first-order valence-electron chi connectivity index (χ1n) is 7.24. The van der Waals surface area contributed by atoms with Crippen molar-refractivity contribution in [2.75, 3.05) is 0 Å². The van der Waals surface area contributed by atoms with Crippen molar-refractivity contribution >= 4 is 9.84 Å². The van der Waals surface area contributed by atoms with Crippen LogP contribution in [0.25, 0.3) is 0 Å². The van der Waals surface area contributed by atoms with Crippen LogP contribution in [0.4, 0.5) is 0 Å². The Morgan fingerprint density at radius 1 is 1.10 bits per heavy atom. The van der Waals surface area contributed by atoms with Crippen LogP contribution in [0, 0.1) is 0 Å². The minimum atomic E-state index is -3.32. The van der Waals surface area contributed by atoms with Gasteiger partial charge in [0.05, 0.1) is 16.2 Å². The molecule has 112 valence electrons. The summed E-state index contributed by atoms with van der Waals surface area (Å²) in [4.78, 5) is 0.379. The van der Waals surface area contributed by atoms with Crippen molar-refractivity contribution in [1.82, 2.24) is 0 Å². The van der Waals surface area contributed by atoms with Gasteiger partial charge in [0.2, 0.25) is 0 Å². The zero-order valence-electron chi connectivity index (χ0n) is 12.5. The molecule has 1 fully saturated rings. The maximum Gasteiger partial charge on any atom is 0.181 e. The Balaban J connectivity index is 2.26. The summed E-state index contributed by atoms with van der Waals surface area (Å²) in [5.41, 5.74) is 1.14. The van der Waals surface area contributed by atoms with Gasteiger partial charge in [0.15, 0.2) is 9.84 Å². The van der Waals surface area contributed by atoms with Crippen molar-refractivity contribution in [1.29, 1.82) is 0 Å². The summed E-state index contributed by atoms with van der Waals surface area (Å²) in [7, 11) is -3.32. The standard InChI is InChI=1S/C16H24O3S/c1-16(2,3)12-7-9-14(10-8-12)20(18,19)15-6-4-5-13(17)11-15/h7-10,13,15,17H,4-6,11H2,1-3H3/t13-,15+/m0/s1. The summed E-state index contributed by atoms with van der Waals surface area (Å²) in [6.45, 7) is 6.32. The lowest BCUT2D eigenvalue weighted by Gasteiger charge is -2.26. The van der Waals surface area contributed by atoms with Crippen molar-refractivity contribution in [3.63, 3.8) is 0 Å². The van der Waals surface area contributed by atoms with Crippen molar-refractivity contribution in [2.45, 2.75) is 68.1 Å². The van der Waals surface area contributed by atoms with Crippen LogP contribution in [-0.2, 0) is 15.3 Å². The Hall–Kier alpha value is -0.870. The van der Waals surface area contributed by atoms with Crippen molar-refractivity contribution in [2.24, 2.45) is 0 Å². The third-order valence-electron chi connectivity index (χ3n) is 4.09. The summed E-state index contributed by atoms with van der Waals surface area (Å²) >= 11 is 0. The molecular formula is C16H24O3S. The summed E-state index contributed by atoms with van der Waals surface area (Å²) in [6, 6.07) is 7.20. The van der Waals surface area contributed by atoms with Gasteiger partial charge in [-0.05, 0) is 48.8 Å². The summed E-state index contributed by atoms with van der Waals surface area (Å²) < 4.78 is 25.2. The molecule has 0 radical (unpaired) electrons. The van der Waals surface area contributed by atoms with Crippen LogP contribution < -0.4 is 0 Å². The van der Waals surface area contributed by atoms with E-state index in [1.54, 1.807) is 12.1 Å². The second kappa shape index (κ2) is 5.49. The highest BCUT2D eigenvalue weighted by atomic mass is 32.2. The van der Waals surface area contributed by atoms with Gasteiger partial charge in [0, 0.05) is 0 Å². The lowest BCUT2D eigenvalue weighted by atomic mass is 9.87. The van der Waals surface area contributed by atoms with Crippen LogP contribution in [0.2, 0.25) is 0 Å². The monoisotopic (exact) mass is 296 g/mol. The lowest BCUT2D eigenvalue weighted by molar-refractivity contribution is 0.131. The minimum Gasteiger partial charge on any atom is -0.393 e. The van der Waals surface area contributed by atoms with Gasteiger partial charge in [-0.1, -0.05) is 32.9 Å². The minimum absolute atomic E-state index is 0.0172. The average molecular weight is 296 g/mol. The van der Waals surface area contributed by atoms with Gasteiger partial charge in [0.1, 0.15) is 0 Å². The van der Waals surface area contributed by atoms with Gasteiger partial charge in [-0.15, -0.1) is 0 Å². The largest absolute Gasteiger partial charge is 0.393 e. The van der Waals surface area contributed by atoms with E-state index in [1.807, 2.05) is 12.1 Å². The SMILES string of the molecule is CC(C)(C)c1ccc(S(=O)(=O)[C@@H]2CCC[C@H](O)C2)cc1. The van der Waals surface area contributed by atoms with Crippen LogP contribution in [0.15, 0.2) is 29.2 Å². The molecule has 0 aliphatic heterocycles. The van der Waals surface area contributed by atoms with Gasteiger partial charge in [-0.2, -0.15) is 0 Å². The number of rotatable bonds is 2. The van der Waals surface area contributed by atoms with E-state index in [4.69, 9.17) is 0 Å². The third-order valence-corrected chi connectivity index (χ3v) is 6.32. The van der Waals surface area contributed by atoms with Crippen LogP contribution in [0.1, 0.15) is 52.0 Å². The number of hydrogen-bond donors (Lipinski definition) is 1. The first kappa shape index (κ1) is 15.5. The van der Waals surface area contributed by atoms with E-state index in [1.165, 1.54) is 0 Å². The fourth-order valence-corrected chi connectivity index (χ4v) is 4.59. The predicted molar refractivity (Wildman–Crippen MR) is 80.6 cm³/mol. The van der Waals surface area contributed by atoms with Gasteiger partial charge < -0.3 is 5.11 Å². The van der Waals surface area contributed by atoms with Crippen molar-refractivity contribution in [3.8, 4) is 0 Å². The summed E-state index contributed by atoms with van der Waals surface area (Å²) in [5, 5.41) is 9.24. The van der Waals surface area contributed by atoms with E-state index in [0.717, 1.165) is 18.4 Å². The highest BCUT2D eigenvalue weighted by Gasteiger charge is 2.32. The third kappa shape index (κ3) is 3.23. The molecule has 0 heterocycles. The zero-order chi connectivity index (χ0) is 15.0. The molecule has 0 bridgehead atoms. The molecule has 2 rings (SSSR count). The van der Waals surface area contributed by atoms with Gasteiger partial charge >= 0.3 is 0 Å². The molecule has 0 unspecified atom stereocenters. The molecule has 1 N–H and O–H groups in total. The number of sulfone groups is 1. The molecule has 1 aromatic carbocycles. The summed E-state index contributed by atoms with van der Waals surface area (Å²) in [6.07, 6.45) is 2.04. The van der Waals surface area contributed by atoms with Crippen LogP contribution in [-0.4, -0.2) is 24.9 Å². The van der Waals surface area contributed by atoms with E-state index in [2.05, 4.69) is 20.8 Å². The molecule has 20 heavy (non-hydrogen) atoms. The lowest BCUT2D eigenvalue weighted by Crippen LogP contribution is -2.30. The molecular weight excluding hydrogens is 272 g/mol. The Bertz CT molecular complexity index is 552. The Labute approximate surface area is 121 Å². The number of aliphatic hydroxyl groups excluding tert-OH is 1. The Kier molecular flexibility index (Phi) is 4.26. The van der Waals surface area contributed by atoms with E-state index in [0.29, 0.717) is 17.7 Å². The molecule has 0 saturated heterocycles. The first-order valence-corrected chi connectivity index (χ1v) is 8.78. The fraction of sp³-hybridized carbons (Fsp3) is 0.625. The quantitative estimate of drug-likeness (QED) is 0.912. The molecule has 0 spiro atoms. The normalized spacial score (nSPS) is 24.6. The number of aliphatic hydroxyl groups is 1. The molecule has 1 aliphatic rings. The highest BCUT2D eigenvalue weighted by molar-refractivity contribution is 7.92. The number of benzene rings is 1. The van der Waals surface area contributed by atoms with E-state index in [-0.39, 0.29) is 5.41 Å². The van der Waals surface area contributed by atoms with Gasteiger partial charge in [0.25, 0.3) is 0 Å². The van der Waals surface area contributed by atoms with Gasteiger partial charge in [-0.25, -0.2) is 8.42 Å². The molecule has 1 aliphatic carbocycles. The maximum absolute atomic E-state index is 12.6. The molecule has 2 atom stereocenters. The van der Waals surface area contributed by atoms with Crippen LogP contribution in [0.5, 0.6) is 0 Å². The average Bonchev–Trinajstić information content (AvgIpc) is 2.38. The molecule has 0 aromatic heterocycles. The topological polar surface area (TPSA) is 54.4 Å². The second-order valence-corrected chi connectivity index (χ2v) is 8.99. The van der Waals surface area contributed by atoms with E-state index < -0.39 is 21.2 Å². The smallest absolute Gasteiger partial charge is 0.181 e. The molecule has 0 amide bonds. The van der Waals surface area contributed by atoms with Crippen molar-refractivity contribution in [3.05, 3.63) is 29.8 Å². The van der Waals surface area contributed by atoms with Gasteiger partial charge in [-0.3, -0.25) is 0 Å². The van der Waals surface area contributed by atoms with Crippen LogP contribution in [0.3, 0.4) is 0 Å². The van der Waals surface area contributed by atoms with E-state index in [9.17, 15) is 13.5 Å². The van der Waals surface area contributed by atoms with E-state index >= 15 is 0 Å². The molecule has 3 nitrogen and oxygen atoms in total. The Morgan fingerprint density at radius 2 is 1.70 bits per heavy atom. The Morgan fingerprint density at radius 3 is 2.20 bits per heavy atom. The molecule has 1 aromatic rings. The fourth-order valence-electron chi connectivity index (χ4n) is 2.74. The van der Waals surface area contributed by atoms with Crippen LogP contribution >= 0.6 is 0 Å². The first-order chi connectivity index (χ1) is 9.21. The predicted octanol–water partition coefficient (Wildman–Crippen LogP) is 3.06. The molecule has 4 heteroatoms. The zero-order valence-corrected chi connectivity index (χ0v) is 13.3. The molecule has 1 saturated carbocycles. The highest BCUT2D eigenvalue weighted by Crippen LogP contribution is 2.30. The maximum atomic E-state index is 12.6. The van der Waals surface area contributed by atoms with Crippen molar-refractivity contribution < 1.29 is 13.5 Å². The summed E-state index contributed by atoms with van der Waals surface area (Å²) in [5.74, 6) is 0.